The Labute approximate surface area is 152 Å². The topological polar surface area (TPSA) is 48.6 Å². The van der Waals surface area contributed by atoms with Gasteiger partial charge in [-0.05, 0) is 33.4 Å². The van der Waals surface area contributed by atoms with Crippen molar-refractivity contribution in [2.45, 2.75) is 64.5 Å². The molecule has 0 aromatic carbocycles. The van der Waals surface area contributed by atoms with Crippen LogP contribution >= 0.6 is 0 Å². The third-order valence-corrected chi connectivity index (χ3v) is 5.82. The van der Waals surface area contributed by atoms with E-state index >= 15 is 0 Å². The summed E-state index contributed by atoms with van der Waals surface area (Å²) in [4.78, 5) is 12.3. The first-order valence-corrected chi connectivity index (χ1v) is 9.85. The van der Waals surface area contributed by atoms with Crippen molar-refractivity contribution in [1.82, 2.24) is 24.8 Å². The van der Waals surface area contributed by atoms with Gasteiger partial charge in [0.15, 0.2) is 5.82 Å². The lowest BCUT2D eigenvalue weighted by atomic mass is 9.96. The Morgan fingerprint density at radius 2 is 1.84 bits per heavy atom. The van der Waals surface area contributed by atoms with E-state index in [-0.39, 0.29) is 11.5 Å². The Hall–Kier alpha value is -0.980. The Balaban J connectivity index is 1.50. The number of hydrogen-bond acceptors (Lipinski definition) is 6. The number of hydrogen-bond donors (Lipinski definition) is 0. The average molecular weight is 350 g/mol. The monoisotopic (exact) mass is 349 g/mol. The second kappa shape index (κ2) is 7.72. The minimum Gasteiger partial charge on any atom is -0.338 e. The molecule has 0 aliphatic carbocycles. The van der Waals surface area contributed by atoms with E-state index in [1.165, 1.54) is 32.4 Å². The molecular formula is C19H35N5O. The van der Waals surface area contributed by atoms with Crippen LogP contribution in [0.5, 0.6) is 0 Å². The molecule has 0 spiro atoms. The molecule has 0 saturated carbocycles. The molecular weight excluding hydrogens is 314 g/mol. The van der Waals surface area contributed by atoms with Crippen molar-refractivity contribution in [1.29, 1.82) is 0 Å². The van der Waals surface area contributed by atoms with Crippen LogP contribution in [0.15, 0.2) is 4.52 Å². The van der Waals surface area contributed by atoms with Gasteiger partial charge in [-0.15, -0.1) is 0 Å². The first kappa shape index (κ1) is 18.8. The summed E-state index contributed by atoms with van der Waals surface area (Å²) in [5.41, 5.74) is -0.0633. The summed E-state index contributed by atoms with van der Waals surface area (Å²) < 4.78 is 5.55. The molecule has 0 bridgehead atoms. The third kappa shape index (κ3) is 4.60. The zero-order valence-electron chi connectivity index (χ0n) is 16.7. The lowest BCUT2D eigenvalue weighted by Crippen LogP contribution is -2.52. The van der Waals surface area contributed by atoms with Crippen molar-refractivity contribution in [3.8, 4) is 0 Å². The van der Waals surface area contributed by atoms with Crippen molar-refractivity contribution < 1.29 is 4.52 Å². The van der Waals surface area contributed by atoms with Gasteiger partial charge in [-0.25, -0.2) is 0 Å². The molecule has 1 aromatic heterocycles. The SMILES string of the molecule is C[C@@H](c1nc(C(C)(C)C)no1)N1CCN(C[C@@H]2CCCCN2C)CC1. The summed E-state index contributed by atoms with van der Waals surface area (Å²) in [6.07, 6.45) is 4.10. The van der Waals surface area contributed by atoms with Crippen LogP contribution in [0.3, 0.4) is 0 Å². The van der Waals surface area contributed by atoms with Gasteiger partial charge in [0.2, 0.25) is 5.89 Å². The minimum atomic E-state index is -0.0633. The summed E-state index contributed by atoms with van der Waals surface area (Å²) in [5, 5.41) is 4.18. The van der Waals surface area contributed by atoms with E-state index in [0.717, 1.165) is 43.9 Å². The molecule has 142 valence electrons. The molecule has 0 amide bonds. The summed E-state index contributed by atoms with van der Waals surface area (Å²) in [6.45, 7) is 15.4. The van der Waals surface area contributed by atoms with Crippen molar-refractivity contribution in [3.05, 3.63) is 11.7 Å². The van der Waals surface area contributed by atoms with Crippen LogP contribution in [0, 0.1) is 0 Å². The molecule has 6 nitrogen and oxygen atoms in total. The quantitative estimate of drug-likeness (QED) is 0.832. The number of piperazine rings is 1. The zero-order valence-corrected chi connectivity index (χ0v) is 16.7. The van der Waals surface area contributed by atoms with Crippen LogP contribution in [-0.2, 0) is 5.41 Å². The predicted octanol–water partition coefficient (Wildman–Crippen LogP) is 2.53. The normalized spacial score (nSPS) is 26.0. The van der Waals surface area contributed by atoms with Gasteiger partial charge in [0.25, 0.3) is 0 Å². The Morgan fingerprint density at radius 1 is 1.12 bits per heavy atom. The fourth-order valence-electron chi connectivity index (χ4n) is 3.87. The standard InChI is InChI=1S/C19H35N5O/c1-15(17-20-18(21-25-17)19(2,3)4)24-12-10-23(11-13-24)14-16-8-6-7-9-22(16)5/h15-16H,6-14H2,1-5H3/t15-,16-/m0/s1. The molecule has 2 aliphatic rings. The number of likely N-dealkylation sites (tertiary alicyclic amines) is 1. The van der Waals surface area contributed by atoms with E-state index in [1.54, 1.807) is 0 Å². The molecule has 1 aromatic rings. The molecule has 2 aliphatic heterocycles. The van der Waals surface area contributed by atoms with Gasteiger partial charge < -0.3 is 9.42 Å². The van der Waals surface area contributed by atoms with Crippen LogP contribution in [-0.4, -0.2) is 77.2 Å². The van der Waals surface area contributed by atoms with Gasteiger partial charge >= 0.3 is 0 Å². The maximum atomic E-state index is 5.55. The number of rotatable bonds is 4. The molecule has 0 N–H and O–H groups in total. The van der Waals surface area contributed by atoms with Crippen molar-refractivity contribution in [3.63, 3.8) is 0 Å². The van der Waals surface area contributed by atoms with E-state index in [9.17, 15) is 0 Å². The highest BCUT2D eigenvalue weighted by molar-refractivity contribution is 5.02. The largest absolute Gasteiger partial charge is 0.338 e. The third-order valence-electron chi connectivity index (χ3n) is 5.82. The van der Waals surface area contributed by atoms with Crippen molar-refractivity contribution in [2.24, 2.45) is 0 Å². The average Bonchev–Trinajstić information content (AvgIpc) is 3.07. The second-order valence-corrected chi connectivity index (χ2v) is 8.85. The maximum absolute atomic E-state index is 5.55. The lowest BCUT2D eigenvalue weighted by molar-refractivity contribution is 0.0613. The van der Waals surface area contributed by atoms with Gasteiger partial charge in [0.05, 0.1) is 6.04 Å². The Morgan fingerprint density at radius 3 is 2.44 bits per heavy atom. The molecule has 2 fully saturated rings. The zero-order chi connectivity index (χ0) is 18.0. The summed E-state index contributed by atoms with van der Waals surface area (Å²) in [7, 11) is 2.28. The molecule has 6 heteroatoms. The Bertz CT molecular complexity index is 544. The van der Waals surface area contributed by atoms with Crippen molar-refractivity contribution >= 4 is 0 Å². The van der Waals surface area contributed by atoms with E-state index in [1.807, 2.05) is 0 Å². The summed E-state index contributed by atoms with van der Waals surface area (Å²) >= 11 is 0. The van der Waals surface area contributed by atoms with Crippen LogP contribution in [0.25, 0.3) is 0 Å². The molecule has 2 saturated heterocycles. The highest BCUT2D eigenvalue weighted by atomic mass is 16.5. The fourth-order valence-corrected chi connectivity index (χ4v) is 3.87. The predicted molar refractivity (Wildman–Crippen MR) is 99.7 cm³/mol. The summed E-state index contributed by atoms with van der Waals surface area (Å²) in [5.74, 6) is 1.55. The number of aromatic nitrogens is 2. The lowest BCUT2D eigenvalue weighted by Gasteiger charge is -2.41. The summed E-state index contributed by atoms with van der Waals surface area (Å²) in [6, 6.07) is 0.936. The van der Waals surface area contributed by atoms with Gasteiger partial charge in [-0.2, -0.15) is 4.98 Å². The highest BCUT2D eigenvalue weighted by Gasteiger charge is 2.29. The van der Waals surface area contributed by atoms with E-state index in [4.69, 9.17) is 4.52 Å². The molecule has 3 rings (SSSR count). The van der Waals surface area contributed by atoms with Crippen molar-refractivity contribution in [2.75, 3.05) is 46.3 Å². The van der Waals surface area contributed by atoms with Crippen LogP contribution in [0.4, 0.5) is 0 Å². The maximum Gasteiger partial charge on any atom is 0.243 e. The minimum absolute atomic E-state index is 0.0633. The number of nitrogens with zero attached hydrogens (tertiary/aromatic N) is 5. The van der Waals surface area contributed by atoms with Crippen LogP contribution in [0.1, 0.15) is 64.7 Å². The Kier molecular flexibility index (Phi) is 5.81. The number of likely N-dealkylation sites (N-methyl/N-ethyl adjacent to an activating group) is 1. The van der Waals surface area contributed by atoms with E-state index in [2.05, 4.69) is 59.6 Å². The molecule has 0 radical (unpaired) electrons. The molecule has 2 atom stereocenters. The van der Waals surface area contributed by atoms with Gasteiger partial charge in [0, 0.05) is 44.2 Å². The van der Waals surface area contributed by atoms with Crippen LogP contribution in [0.2, 0.25) is 0 Å². The molecule has 25 heavy (non-hydrogen) atoms. The smallest absolute Gasteiger partial charge is 0.243 e. The molecule has 3 heterocycles. The molecule has 0 unspecified atom stereocenters. The van der Waals surface area contributed by atoms with Gasteiger partial charge in [-0.3, -0.25) is 9.80 Å². The van der Waals surface area contributed by atoms with E-state index in [0.29, 0.717) is 0 Å². The van der Waals surface area contributed by atoms with Gasteiger partial charge in [-0.1, -0.05) is 32.3 Å². The number of piperidine rings is 1. The van der Waals surface area contributed by atoms with Gasteiger partial charge in [0.1, 0.15) is 0 Å². The fraction of sp³-hybridized carbons (Fsp3) is 0.895. The van der Waals surface area contributed by atoms with E-state index < -0.39 is 0 Å². The first-order chi connectivity index (χ1) is 11.8. The second-order valence-electron chi connectivity index (χ2n) is 8.85. The first-order valence-electron chi connectivity index (χ1n) is 9.85. The van der Waals surface area contributed by atoms with Crippen LogP contribution < -0.4 is 0 Å². The highest BCUT2D eigenvalue weighted by Crippen LogP contribution is 2.25.